The van der Waals surface area contributed by atoms with E-state index in [9.17, 15) is 0 Å². The molecule has 0 N–H and O–H groups in total. The van der Waals surface area contributed by atoms with Gasteiger partial charge in [0.05, 0.1) is 0 Å². The molecule has 0 aromatic heterocycles. The Hall–Kier alpha value is 0.479. The van der Waals surface area contributed by atoms with Crippen molar-refractivity contribution in [2.24, 2.45) is 0 Å². The number of hydrogen-bond acceptors (Lipinski definition) is 1. The first-order valence-corrected chi connectivity index (χ1v) is 8.86. The molecule has 0 aromatic carbocycles. The van der Waals surface area contributed by atoms with E-state index in [1.165, 1.54) is 51.4 Å². The minimum atomic E-state index is 0.191. The van der Waals surface area contributed by atoms with Crippen LogP contribution in [0.5, 0.6) is 0 Å². The van der Waals surface area contributed by atoms with Gasteiger partial charge in [-0.3, -0.25) is 0 Å². The van der Waals surface area contributed by atoms with Crippen molar-refractivity contribution in [3.8, 4) is 0 Å². The molecule has 0 bridgehead atoms. The van der Waals surface area contributed by atoms with Gasteiger partial charge in [-0.05, 0) is 0 Å². The quantitative estimate of drug-likeness (QED) is 0.429. The van der Waals surface area contributed by atoms with Gasteiger partial charge in [-0.2, -0.15) is 0 Å². The maximum atomic E-state index is 5.56. The summed E-state index contributed by atoms with van der Waals surface area (Å²) >= 11 is 0.601. The summed E-state index contributed by atoms with van der Waals surface area (Å²) in [5, 5.41) is 0. The second-order valence-corrected chi connectivity index (χ2v) is 7.08. The van der Waals surface area contributed by atoms with Gasteiger partial charge >= 0.3 is 102 Å². The molecular weight excluding hydrogens is 251 g/mol. The maximum absolute atomic E-state index is 5.56. The Labute approximate surface area is 103 Å². The zero-order valence-electron chi connectivity index (χ0n) is 11.0. The second kappa shape index (κ2) is 9.69. The third-order valence-corrected chi connectivity index (χ3v) is 5.69. The predicted octanol–water partition coefficient (Wildman–Crippen LogP) is 4.24. The molecule has 0 aromatic rings. The molecule has 0 aliphatic heterocycles. The summed E-state index contributed by atoms with van der Waals surface area (Å²) in [6.45, 7) is 4.53. The molecule has 0 aliphatic carbocycles. The molecule has 0 spiro atoms. The Kier molecular flexibility index (Phi) is 10.00. The topological polar surface area (TPSA) is 9.23 Å². The Bertz CT molecular complexity index is 132. The zero-order valence-corrected chi connectivity index (χ0v) is 12.7. The summed E-state index contributed by atoms with van der Waals surface area (Å²) in [6, 6.07) is 0. The van der Waals surface area contributed by atoms with Crippen LogP contribution in [0.1, 0.15) is 65.2 Å². The fraction of sp³-hybridized carbons (Fsp3) is 1.00. The molecule has 0 heterocycles. The van der Waals surface area contributed by atoms with Gasteiger partial charge in [0.15, 0.2) is 0 Å². The first-order chi connectivity index (χ1) is 7.18. The van der Waals surface area contributed by atoms with E-state index in [1.807, 2.05) is 7.11 Å². The van der Waals surface area contributed by atoms with Gasteiger partial charge in [-0.1, -0.05) is 0 Å². The van der Waals surface area contributed by atoms with Crippen LogP contribution in [0.4, 0.5) is 0 Å². The van der Waals surface area contributed by atoms with Gasteiger partial charge in [-0.15, -0.1) is 0 Å². The summed E-state index contributed by atoms with van der Waals surface area (Å²) in [4.78, 5) is 0. The molecule has 0 rings (SSSR count). The van der Waals surface area contributed by atoms with Crippen LogP contribution in [-0.4, -0.2) is 26.6 Å². The van der Waals surface area contributed by atoms with Crippen molar-refractivity contribution < 1.29 is 4.74 Å². The van der Waals surface area contributed by atoms with Crippen LogP contribution >= 0.6 is 0 Å². The molecule has 0 radical (unpaired) electrons. The van der Waals surface area contributed by atoms with Crippen molar-refractivity contribution in [3.05, 3.63) is 0 Å². The van der Waals surface area contributed by atoms with Crippen molar-refractivity contribution in [2.75, 3.05) is 7.11 Å². The van der Waals surface area contributed by atoms with Crippen LogP contribution in [-0.2, 0) is 4.74 Å². The molecule has 0 saturated carbocycles. The Morgan fingerprint density at radius 2 is 1.53 bits per heavy atom. The second-order valence-electron chi connectivity index (χ2n) is 4.41. The normalized spacial score (nSPS) is 15.2. The Balaban J connectivity index is 3.29. The Morgan fingerprint density at radius 1 is 1.00 bits per heavy atom. The molecule has 0 fully saturated rings. The summed E-state index contributed by atoms with van der Waals surface area (Å²) in [6.07, 6.45) is 11.0. The summed E-state index contributed by atoms with van der Waals surface area (Å²) < 4.78 is 5.75. The number of ether oxygens (including phenoxy) is 1. The molecule has 0 amide bonds. The van der Waals surface area contributed by atoms with E-state index in [2.05, 4.69) is 19.7 Å². The van der Waals surface area contributed by atoms with Gasteiger partial charge in [0, 0.05) is 0 Å². The van der Waals surface area contributed by atoms with E-state index in [-0.39, 0.29) is 4.50 Å². The van der Waals surface area contributed by atoms with Crippen LogP contribution in [0.15, 0.2) is 0 Å². The van der Waals surface area contributed by atoms with Crippen LogP contribution in [0.3, 0.4) is 0 Å². The molecule has 1 atom stereocenters. The monoisotopic (exact) mass is 280 g/mol. The van der Waals surface area contributed by atoms with E-state index in [4.69, 9.17) is 4.74 Å². The number of unbranched alkanes of at least 4 members (excludes halogenated alkanes) is 6. The van der Waals surface area contributed by atoms with Gasteiger partial charge in [0.25, 0.3) is 0 Å². The van der Waals surface area contributed by atoms with Crippen molar-refractivity contribution in [3.63, 3.8) is 0 Å². The zero-order chi connectivity index (χ0) is 11.6. The van der Waals surface area contributed by atoms with E-state index >= 15 is 0 Å². The molecule has 1 unspecified atom stereocenters. The average molecular weight is 279 g/mol. The number of hydrogen-bond donors (Lipinski definition) is 0. The van der Waals surface area contributed by atoms with E-state index in [0.29, 0.717) is 15.0 Å². The average Bonchev–Trinajstić information content (AvgIpc) is 2.27. The van der Waals surface area contributed by atoms with Crippen LogP contribution in [0.2, 0.25) is 5.82 Å². The van der Waals surface area contributed by atoms with E-state index < -0.39 is 0 Å². The predicted molar refractivity (Wildman–Crippen MR) is 69.6 cm³/mol. The summed E-state index contributed by atoms with van der Waals surface area (Å²) in [7, 11) is 1.85. The summed E-state index contributed by atoms with van der Waals surface area (Å²) in [5.74, 6) is 2.28. The molecule has 1 nitrogen and oxygen atoms in total. The van der Waals surface area contributed by atoms with Crippen molar-refractivity contribution in [1.82, 2.24) is 0 Å². The Morgan fingerprint density at radius 3 is 2.00 bits per heavy atom. The molecular formula is C13H28OSe. The molecule has 15 heavy (non-hydrogen) atoms. The first-order valence-electron chi connectivity index (χ1n) is 6.29. The number of rotatable bonds is 10. The van der Waals surface area contributed by atoms with Crippen molar-refractivity contribution in [1.29, 1.82) is 0 Å². The first kappa shape index (κ1) is 15.5. The van der Waals surface area contributed by atoms with E-state index in [1.54, 1.807) is 0 Å². The fourth-order valence-corrected chi connectivity index (χ4v) is 2.77. The van der Waals surface area contributed by atoms with Gasteiger partial charge in [0.1, 0.15) is 0 Å². The SMILES string of the molecule is CCCCCCCCCC(C)(OC)[Se]C. The third-order valence-electron chi connectivity index (χ3n) is 3.10. The van der Waals surface area contributed by atoms with Gasteiger partial charge in [-0.25, -0.2) is 0 Å². The molecule has 2 heteroatoms. The van der Waals surface area contributed by atoms with Crippen LogP contribution < -0.4 is 0 Å². The number of methoxy groups -OCH3 is 1. The van der Waals surface area contributed by atoms with E-state index in [0.717, 1.165) is 0 Å². The third kappa shape index (κ3) is 8.30. The van der Waals surface area contributed by atoms with Gasteiger partial charge < -0.3 is 0 Å². The van der Waals surface area contributed by atoms with Crippen LogP contribution in [0.25, 0.3) is 0 Å². The fourth-order valence-electron chi connectivity index (χ4n) is 1.69. The van der Waals surface area contributed by atoms with Crippen LogP contribution in [0, 0.1) is 0 Å². The molecule has 0 saturated heterocycles. The van der Waals surface area contributed by atoms with Crippen molar-refractivity contribution >= 4 is 15.0 Å². The van der Waals surface area contributed by atoms with Crippen molar-refractivity contribution in [2.45, 2.75) is 75.5 Å². The minimum absolute atomic E-state index is 0.191. The molecule has 92 valence electrons. The molecule has 0 aliphatic rings. The standard InChI is InChI=1S/C13H28OSe/c1-5-6-7-8-9-10-11-12-13(2,14-3)15-4/h5-12H2,1-4H3. The van der Waals surface area contributed by atoms with Gasteiger partial charge in [0.2, 0.25) is 0 Å². The summed E-state index contributed by atoms with van der Waals surface area (Å²) in [5.41, 5.74) is 0.